The standard InChI is InChI=1S/C21H17ClN4O5/c22-14-5-7-16(18(12-14)24-9-1-2-10-24)23-20(27)4-3-11-25-17-8-6-15(26(29)30)13-19(17)31-21(25)28/h1-2,5-10,12-13H,3-4,11H2,(H,23,27). The molecule has 31 heavy (non-hydrogen) atoms. The zero-order valence-electron chi connectivity index (χ0n) is 16.2. The molecule has 0 aliphatic heterocycles. The number of hydrogen-bond acceptors (Lipinski definition) is 5. The smallest absolute Gasteiger partial charge is 0.407 e. The van der Waals surface area contributed by atoms with Gasteiger partial charge in [0, 0.05) is 36.4 Å². The predicted molar refractivity (Wildman–Crippen MR) is 116 cm³/mol. The first-order valence-electron chi connectivity index (χ1n) is 9.43. The molecule has 4 rings (SSSR count). The maximum absolute atomic E-state index is 12.5. The second-order valence-electron chi connectivity index (χ2n) is 6.83. The molecular formula is C21H17ClN4O5. The summed E-state index contributed by atoms with van der Waals surface area (Å²) in [6, 6.07) is 12.9. The lowest BCUT2D eigenvalue weighted by Gasteiger charge is -2.13. The summed E-state index contributed by atoms with van der Waals surface area (Å²) < 4.78 is 8.30. The van der Waals surface area contributed by atoms with Crippen LogP contribution in [0.2, 0.25) is 5.02 Å². The molecule has 0 aliphatic carbocycles. The fourth-order valence-corrected chi connectivity index (χ4v) is 3.48. The number of aryl methyl sites for hydroxylation is 1. The number of non-ortho nitro benzene ring substituents is 1. The largest absolute Gasteiger partial charge is 0.419 e. The van der Waals surface area contributed by atoms with E-state index in [4.69, 9.17) is 16.0 Å². The summed E-state index contributed by atoms with van der Waals surface area (Å²) in [5.41, 5.74) is 1.78. The van der Waals surface area contributed by atoms with E-state index in [9.17, 15) is 19.7 Å². The van der Waals surface area contributed by atoms with Gasteiger partial charge < -0.3 is 14.3 Å². The van der Waals surface area contributed by atoms with Crippen LogP contribution in [0.1, 0.15) is 12.8 Å². The van der Waals surface area contributed by atoms with Gasteiger partial charge in [0.05, 0.1) is 27.9 Å². The van der Waals surface area contributed by atoms with E-state index >= 15 is 0 Å². The van der Waals surface area contributed by atoms with E-state index < -0.39 is 10.7 Å². The number of hydrogen-bond donors (Lipinski definition) is 1. The Kier molecular flexibility index (Phi) is 5.59. The normalized spacial score (nSPS) is 11.0. The van der Waals surface area contributed by atoms with Crippen LogP contribution in [-0.2, 0) is 11.3 Å². The summed E-state index contributed by atoms with van der Waals surface area (Å²) in [7, 11) is 0. The first-order chi connectivity index (χ1) is 14.9. The van der Waals surface area contributed by atoms with Crippen molar-refractivity contribution in [2.24, 2.45) is 0 Å². The van der Waals surface area contributed by atoms with E-state index in [-0.39, 0.29) is 30.1 Å². The van der Waals surface area contributed by atoms with Gasteiger partial charge >= 0.3 is 5.76 Å². The average molecular weight is 441 g/mol. The third-order valence-corrected chi connectivity index (χ3v) is 5.00. The van der Waals surface area contributed by atoms with Crippen molar-refractivity contribution >= 4 is 40.0 Å². The number of amides is 1. The second-order valence-corrected chi connectivity index (χ2v) is 7.27. The highest BCUT2D eigenvalue weighted by Crippen LogP contribution is 2.25. The summed E-state index contributed by atoms with van der Waals surface area (Å²) in [6.45, 7) is 0.238. The number of nitro benzene ring substituents is 1. The first-order valence-corrected chi connectivity index (χ1v) is 9.81. The molecule has 4 aromatic rings. The van der Waals surface area contributed by atoms with Gasteiger partial charge in [0.25, 0.3) is 5.69 Å². The van der Waals surface area contributed by atoms with Crippen LogP contribution in [0, 0.1) is 10.1 Å². The highest BCUT2D eigenvalue weighted by Gasteiger charge is 2.15. The number of nitro groups is 1. The lowest BCUT2D eigenvalue weighted by atomic mass is 10.2. The van der Waals surface area contributed by atoms with Gasteiger partial charge in [-0.05, 0) is 42.8 Å². The molecule has 0 aliphatic rings. The zero-order chi connectivity index (χ0) is 22.0. The molecule has 0 radical (unpaired) electrons. The number of carbonyl (C=O) groups is 1. The summed E-state index contributed by atoms with van der Waals surface area (Å²) in [6.07, 6.45) is 4.24. The van der Waals surface area contributed by atoms with Crippen LogP contribution >= 0.6 is 11.6 Å². The number of nitrogens with one attached hydrogen (secondary N) is 1. The van der Waals surface area contributed by atoms with Crippen LogP contribution in [-0.4, -0.2) is 20.0 Å². The molecule has 0 atom stereocenters. The number of oxazole rings is 1. The van der Waals surface area contributed by atoms with Gasteiger partial charge in [0.2, 0.25) is 5.91 Å². The Labute approximate surface area is 180 Å². The van der Waals surface area contributed by atoms with Gasteiger partial charge in [-0.2, -0.15) is 0 Å². The Hall–Kier alpha value is -3.85. The number of nitrogens with zero attached hydrogens (tertiary/aromatic N) is 3. The number of benzene rings is 2. The van der Waals surface area contributed by atoms with Crippen molar-refractivity contribution in [3.8, 4) is 5.69 Å². The van der Waals surface area contributed by atoms with Gasteiger partial charge in [0.15, 0.2) is 5.58 Å². The van der Waals surface area contributed by atoms with Crippen molar-refractivity contribution < 1.29 is 14.1 Å². The summed E-state index contributed by atoms with van der Waals surface area (Å²) in [4.78, 5) is 34.9. The number of anilines is 1. The summed E-state index contributed by atoms with van der Waals surface area (Å²) in [5, 5.41) is 14.3. The van der Waals surface area contributed by atoms with Gasteiger partial charge in [-0.3, -0.25) is 19.5 Å². The Morgan fingerprint density at radius 3 is 2.68 bits per heavy atom. The van der Waals surface area contributed by atoms with E-state index in [1.807, 2.05) is 29.1 Å². The Morgan fingerprint density at radius 1 is 1.16 bits per heavy atom. The number of carbonyl (C=O) groups excluding carboxylic acids is 1. The minimum atomic E-state index is -0.622. The predicted octanol–water partition coefficient (Wildman–Crippen LogP) is 4.37. The van der Waals surface area contributed by atoms with Gasteiger partial charge in [0.1, 0.15) is 0 Å². The number of fused-ring (bicyclic) bond motifs is 1. The van der Waals surface area contributed by atoms with Crippen molar-refractivity contribution in [1.82, 2.24) is 9.13 Å². The Bertz CT molecular complexity index is 1320. The number of halogens is 1. The van der Waals surface area contributed by atoms with Crippen LogP contribution in [0.3, 0.4) is 0 Å². The minimum Gasteiger partial charge on any atom is -0.407 e. The molecular weight excluding hydrogens is 424 g/mol. The number of rotatable bonds is 7. The van der Waals surface area contributed by atoms with Crippen molar-refractivity contribution in [2.75, 3.05) is 5.32 Å². The molecule has 0 saturated carbocycles. The molecule has 0 fully saturated rings. The molecule has 1 N–H and O–H groups in total. The van der Waals surface area contributed by atoms with E-state index in [0.717, 1.165) is 5.69 Å². The maximum Gasteiger partial charge on any atom is 0.419 e. The fraction of sp³-hybridized carbons (Fsp3) is 0.143. The summed E-state index contributed by atoms with van der Waals surface area (Å²) >= 11 is 6.10. The van der Waals surface area contributed by atoms with Crippen molar-refractivity contribution in [1.29, 1.82) is 0 Å². The topological polar surface area (TPSA) is 112 Å². The van der Waals surface area contributed by atoms with Crippen LogP contribution in [0.5, 0.6) is 0 Å². The molecule has 0 bridgehead atoms. The van der Waals surface area contributed by atoms with Gasteiger partial charge in [-0.1, -0.05) is 11.6 Å². The van der Waals surface area contributed by atoms with Crippen molar-refractivity contribution in [3.63, 3.8) is 0 Å². The lowest BCUT2D eigenvalue weighted by molar-refractivity contribution is -0.384. The second kappa shape index (κ2) is 8.49. The lowest BCUT2D eigenvalue weighted by Crippen LogP contribution is -2.17. The monoisotopic (exact) mass is 440 g/mol. The summed E-state index contributed by atoms with van der Waals surface area (Å²) in [5.74, 6) is -0.837. The molecule has 1 amide bonds. The average Bonchev–Trinajstić information content (AvgIpc) is 3.37. The van der Waals surface area contributed by atoms with Crippen LogP contribution in [0.4, 0.5) is 11.4 Å². The minimum absolute atomic E-state index is 0.140. The van der Waals surface area contributed by atoms with E-state index in [0.29, 0.717) is 22.6 Å². The fourth-order valence-electron chi connectivity index (χ4n) is 3.31. The van der Waals surface area contributed by atoms with E-state index in [2.05, 4.69) is 5.32 Å². The van der Waals surface area contributed by atoms with Crippen molar-refractivity contribution in [2.45, 2.75) is 19.4 Å². The molecule has 0 saturated heterocycles. The molecule has 2 heterocycles. The molecule has 10 heteroatoms. The molecule has 0 spiro atoms. The number of aromatic nitrogens is 2. The quantitative estimate of drug-likeness (QED) is 0.339. The molecule has 0 unspecified atom stereocenters. The maximum atomic E-state index is 12.5. The van der Waals surface area contributed by atoms with E-state index in [1.165, 1.54) is 22.8 Å². The van der Waals surface area contributed by atoms with Crippen LogP contribution < -0.4 is 11.1 Å². The van der Waals surface area contributed by atoms with Crippen LogP contribution in [0.15, 0.2) is 70.1 Å². The molecule has 2 aromatic carbocycles. The molecule has 2 aromatic heterocycles. The zero-order valence-corrected chi connectivity index (χ0v) is 16.9. The van der Waals surface area contributed by atoms with Gasteiger partial charge in [-0.25, -0.2) is 4.79 Å². The van der Waals surface area contributed by atoms with Gasteiger partial charge in [-0.15, -0.1) is 0 Å². The third kappa shape index (κ3) is 4.36. The Balaban J connectivity index is 1.43. The highest BCUT2D eigenvalue weighted by molar-refractivity contribution is 6.30. The van der Waals surface area contributed by atoms with E-state index in [1.54, 1.807) is 18.2 Å². The third-order valence-electron chi connectivity index (χ3n) is 4.76. The molecule has 9 nitrogen and oxygen atoms in total. The van der Waals surface area contributed by atoms with Crippen LogP contribution in [0.25, 0.3) is 16.8 Å². The highest BCUT2D eigenvalue weighted by atomic mass is 35.5. The SMILES string of the molecule is O=C(CCCn1c(=O)oc2cc([N+](=O)[O-])ccc21)Nc1ccc(Cl)cc1-n1cccc1. The first kappa shape index (κ1) is 20.4. The molecule has 158 valence electrons. The van der Waals surface area contributed by atoms with Crippen molar-refractivity contribution in [3.05, 3.63) is 86.6 Å². The Morgan fingerprint density at radius 2 is 1.94 bits per heavy atom.